The Kier molecular flexibility index (Phi) is 4.85. The lowest BCUT2D eigenvalue weighted by Crippen LogP contribution is -2.47. The molecule has 144 valence electrons. The van der Waals surface area contributed by atoms with Gasteiger partial charge < -0.3 is 5.32 Å². The number of benzene rings is 2. The van der Waals surface area contributed by atoms with E-state index in [1.165, 1.54) is 24.3 Å². The molecule has 0 radical (unpaired) electrons. The number of hydrogen-bond acceptors (Lipinski definition) is 4. The smallest absolute Gasteiger partial charge is 0.246 e. The number of nitrogens with one attached hydrogen (secondary N) is 1. The van der Waals surface area contributed by atoms with Crippen molar-refractivity contribution in [3.05, 3.63) is 65.8 Å². The quantitative estimate of drug-likeness (QED) is 0.676. The summed E-state index contributed by atoms with van der Waals surface area (Å²) in [5.41, 5.74) is 1.30. The molecule has 0 unspecified atom stereocenters. The van der Waals surface area contributed by atoms with Gasteiger partial charge >= 0.3 is 0 Å². The second-order valence-corrected chi connectivity index (χ2v) is 9.73. The fourth-order valence-electron chi connectivity index (χ4n) is 3.79. The van der Waals surface area contributed by atoms with Crippen LogP contribution < -0.4 is 5.32 Å². The van der Waals surface area contributed by atoms with Crippen LogP contribution in [0.1, 0.15) is 25.7 Å². The largest absolute Gasteiger partial charge is 0.323 e. The standard InChI is InChI=1S/C21H19ClN2O3S/c22-16-7-9-18(10-8-16)28(26,27)21(11-3-4-12-21)20(25)24-17-13-15-5-1-2-6-19(15)23-14-17/h1-2,5-10,13-14H,3-4,11-12H2,(H,24,25). The number of halogens is 1. The monoisotopic (exact) mass is 414 g/mol. The van der Waals surface area contributed by atoms with Gasteiger partial charge in [-0.25, -0.2) is 8.42 Å². The van der Waals surface area contributed by atoms with E-state index in [-0.39, 0.29) is 4.90 Å². The van der Waals surface area contributed by atoms with Gasteiger partial charge in [0.05, 0.1) is 22.3 Å². The van der Waals surface area contributed by atoms with Crippen molar-refractivity contribution in [3.63, 3.8) is 0 Å². The molecule has 4 rings (SSSR count). The van der Waals surface area contributed by atoms with Crippen molar-refractivity contribution in [1.82, 2.24) is 4.98 Å². The summed E-state index contributed by atoms with van der Waals surface area (Å²) in [6.07, 6.45) is 3.53. The highest BCUT2D eigenvalue weighted by Crippen LogP contribution is 2.41. The lowest BCUT2D eigenvalue weighted by atomic mass is 10.1. The fraction of sp³-hybridized carbons (Fsp3) is 0.238. The molecule has 0 aliphatic heterocycles. The Balaban J connectivity index is 1.70. The van der Waals surface area contributed by atoms with Crippen molar-refractivity contribution in [1.29, 1.82) is 0 Å². The molecule has 0 atom stereocenters. The lowest BCUT2D eigenvalue weighted by Gasteiger charge is -2.27. The van der Waals surface area contributed by atoms with Crippen molar-refractivity contribution in [2.24, 2.45) is 0 Å². The van der Waals surface area contributed by atoms with Gasteiger partial charge in [0.25, 0.3) is 0 Å². The molecule has 1 heterocycles. The first-order chi connectivity index (χ1) is 13.4. The number of fused-ring (bicyclic) bond motifs is 1. The number of nitrogens with zero attached hydrogens (tertiary/aromatic N) is 1. The Labute approximate surface area is 168 Å². The molecule has 2 aromatic carbocycles. The first kappa shape index (κ1) is 18.9. The maximum absolute atomic E-state index is 13.4. The molecule has 1 N–H and O–H groups in total. The van der Waals surface area contributed by atoms with Gasteiger partial charge in [0.15, 0.2) is 14.6 Å². The Bertz CT molecular complexity index is 1140. The van der Waals surface area contributed by atoms with Crippen molar-refractivity contribution in [2.75, 3.05) is 5.32 Å². The van der Waals surface area contributed by atoms with Crippen LogP contribution in [0.5, 0.6) is 0 Å². The number of para-hydroxylation sites is 1. The zero-order valence-corrected chi connectivity index (χ0v) is 16.6. The van der Waals surface area contributed by atoms with Gasteiger partial charge in [0.1, 0.15) is 0 Å². The highest BCUT2D eigenvalue weighted by Gasteiger charge is 2.53. The molecule has 1 amide bonds. The number of carbonyl (C=O) groups is 1. The summed E-state index contributed by atoms with van der Waals surface area (Å²) >= 11 is 5.89. The van der Waals surface area contributed by atoms with Gasteiger partial charge in [-0.15, -0.1) is 0 Å². The third-order valence-corrected chi connectivity index (χ3v) is 8.08. The summed E-state index contributed by atoms with van der Waals surface area (Å²) in [5.74, 6) is -0.503. The molecule has 0 bridgehead atoms. The SMILES string of the molecule is O=C(Nc1cnc2ccccc2c1)C1(S(=O)(=O)c2ccc(Cl)cc2)CCCC1. The maximum atomic E-state index is 13.4. The maximum Gasteiger partial charge on any atom is 0.246 e. The van der Waals surface area contributed by atoms with Crippen LogP contribution in [0, 0.1) is 0 Å². The Morgan fingerprint density at radius 1 is 1.04 bits per heavy atom. The highest BCUT2D eigenvalue weighted by atomic mass is 35.5. The van der Waals surface area contributed by atoms with E-state index in [1.807, 2.05) is 24.3 Å². The van der Waals surface area contributed by atoms with Gasteiger partial charge in [-0.3, -0.25) is 9.78 Å². The average Bonchev–Trinajstić information content (AvgIpc) is 3.20. The van der Waals surface area contributed by atoms with Gasteiger partial charge in [-0.05, 0) is 49.2 Å². The van der Waals surface area contributed by atoms with Gasteiger partial charge in [-0.2, -0.15) is 0 Å². The molecule has 3 aromatic rings. The molecular weight excluding hydrogens is 396 g/mol. The summed E-state index contributed by atoms with van der Waals surface area (Å²) in [6, 6.07) is 15.3. The number of pyridine rings is 1. The molecule has 0 spiro atoms. The van der Waals surface area contributed by atoms with E-state index in [4.69, 9.17) is 11.6 Å². The summed E-state index contributed by atoms with van der Waals surface area (Å²) < 4.78 is 25.3. The first-order valence-corrected chi connectivity index (χ1v) is 10.9. The number of aromatic nitrogens is 1. The summed E-state index contributed by atoms with van der Waals surface area (Å²) in [4.78, 5) is 17.7. The molecule has 1 fully saturated rings. The minimum atomic E-state index is -3.87. The Morgan fingerprint density at radius 3 is 2.43 bits per heavy atom. The summed E-state index contributed by atoms with van der Waals surface area (Å²) in [5, 5.41) is 4.12. The minimum absolute atomic E-state index is 0.116. The minimum Gasteiger partial charge on any atom is -0.323 e. The zero-order valence-electron chi connectivity index (χ0n) is 15.1. The Morgan fingerprint density at radius 2 is 1.71 bits per heavy atom. The van der Waals surface area contributed by atoms with E-state index >= 15 is 0 Å². The number of anilines is 1. The van der Waals surface area contributed by atoms with E-state index < -0.39 is 20.5 Å². The van der Waals surface area contributed by atoms with Gasteiger partial charge in [0, 0.05) is 10.4 Å². The normalized spacial score (nSPS) is 16.2. The third-order valence-electron chi connectivity index (χ3n) is 5.31. The van der Waals surface area contributed by atoms with Crippen molar-refractivity contribution < 1.29 is 13.2 Å². The second-order valence-electron chi connectivity index (χ2n) is 7.03. The van der Waals surface area contributed by atoms with Crippen LogP contribution >= 0.6 is 11.6 Å². The van der Waals surface area contributed by atoms with Crippen LogP contribution in [-0.4, -0.2) is 24.1 Å². The summed E-state index contributed by atoms with van der Waals surface area (Å²) in [7, 11) is -3.87. The van der Waals surface area contributed by atoms with Gasteiger partial charge in [0.2, 0.25) is 5.91 Å². The predicted molar refractivity (Wildman–Crippen MR) is 110 cm³/mol. The predicted octanol–water partition coefficient (Wildman–Crippen LogP) is 4.61. The van der Waals surface area contributed by atoms with E-state index in [1.54, 1.807) is 12.3 Å². The van der Waals surface area contributed by atoms with Crippen molar-refractivity contribution >= 4 is 43.9 Å². The molecule has 28 heavy (non-hydrogen) atoms. The number of rotatable bonds is 4. The molecule has 7 heteroatoms. The van der Waals surface area contributed by atoms with Crippen LogP contribution in [0.3, 0.4) is 0 Å². The second kappa shape index (κ2) is 7.18. The molecule has 1 saturated carbocycles. The van der Waals surface area contributed by atoms with E-state index in [2.05, 4.69) is 10.3 Å². The van der Waals surface area contributed by atoms with Crippen LogP contribution in [0.4, 0.5) is 5.69 Å². The van der Waals surface area contributed by atoms with Crippen LogP contribution in [0.2, 0.25) is 5.02 Å². The molecular formula is C21H19ClN2O3S. The number of sulfone groups is 1. The number of hydrogen-bond donors (Lipinski definition) is 1. The molecule has 0 saturated heterocycles. The zero-order chi connectivity index (χ0) is 19.8. The highest BCUT2D eigenvalue weighted by molar-refractivity contribution is 7.93. The molecule has 1 aliphatic rings. The van der Waals surface area contributed by atoms with Gasteiger partial charge in [-0.1, -0.05) is 42.6 Å². The molecule has 1 aromatic heterocycles. The summed E-state index contributed by atoms with van der Waals surface area (Å²) in [6.45, 7) is 0. The van der Waals surface area contributed by atoms with Crippen molar-refractivity contribution in [2.45, 2.75) is 35.3 Å². The van der Waals surface area contributed by atoms with E-state index in [9.17, 15) is 13.2 Å². The van der Waals surface area contributed by atoms with Crippen LogP contribution in [-0.2, 0) is 14.6 Å². The van der Waals surface area contributed by atoms with Crippen LogP contribution in [0.25, 0.3) is 10.9 Å². The van der Waals surface area contributed by atoms with Crippen molar-refractivity contribution in [3.8, 4) is 0 Å². The molecule has 1 aliphatic carbocycles. The van der Waals surface area contributed by atoms with E-state index in [0.29, 0.717) is 36.4 Å². The average molecular weight is 415 g/mol. The third kappa shape index (κ3) is 3.16. The fourth-order valence-corrected chi connectivity index (χ4v) is 5.98. The lowest BCUT2D eigenvalue weighted by molar-refractivity contribution is -0.118. The van der Waals surface area contributed by atoms with Crippen LogP contribution in [0.15, 0.2) is 65.7 Å². The van der Waals surface area contributed by atoms with E-state index in [0.717, 1.165) is 10.9 Å². The number of carbonyl (C=O) groups excluding carboxylic acids is 1. The first-order valence-electron chi connectivity index (χ1n) is 9.09. The molecule has 5 nitrogen and oxygen atoms in total. The number of amides is 1. The Hall–Kier alpha value is -2.44. The topological polar surface area (TPSA) is 76.1 Å².